The summed E-state index contributed by atoms with van der Waals surface area (Å²) >= 11 is 0. The third-order valence-electron chi connectivity index (χ3n) is 2.45. The largest absolute Gasteiger partial charge is 0.478 e. The molecule has 2 N–H and O–H groups in total. The Morgan fingerprint density at radius 2 is 2.06 bits per heavy atom. The van der Waals surface area contributed by atoms with Gasteiger partial charge < -0.3 is 5.11 Å². The van der Waals surface area contributed by atoms with E-state index in [0.717, 1.165) is 5.56 Å². The molecular formula is C12H12N2O2. The molecule has 0 unspecified atom stereocenters. The van der Waals surface area contributed by atoms with Crippen molar-refractivity contribution in [2.75, 3.05) is 0 Å². The smallest absolute Gasteiger partial charge is 0.339 e. The van der Waals surface area contributed by atoms with Crippen LogP contribution < -0.4 is 0 Å². The van der Waals surface area contributed by atoms with Crippen LogP contribution in [0, 0.1) is 6.92 Å². The molecule has 4 nitrogen and oxygen atoms in total. The minimum Gasteiger partial charge on any atom is -0.478 e. The van der Waals surface area contributed by atoms with E-state index in [2.05, 4.69) is 10.2 Å². The van der Waals surface area contributed by atoms with Crippen LogP contribution in [0.1, 0.15) is 27.3 Å². The van der Waals surface area contributed by atoms with Crippen LogP contribution in [0.25, 0.3) is 0 Å². The Morgan fingerprint density at radius 1 is 1.38 bits per heavy atom. The first-order valence-electron chi connectivity index (χ1n) is 4.99. The van der Waals surface area contributed by atoms with Gasteiger partial charge in [-0.15, -0.1) is 0 Å². The van der Waals surface area contributed by atoms with E-state index in [0.29, 0.717) is 17.8 Å². The third kappa shape index (κ3) is 1.95. The van der Waals surface area contributed by atoms with Gasteiger partial charge in [-0.05, 0) is 12.5 Å². The monoisotopic (exact) mass is 216 g/mol. The average Bonchev–Trinajstić information content (AvgIpc) is 2.61. The molecule has 0 aliphatic carbocycles. The summed E-state index contributed by atoms with van der Waals surface area (Å²) in [6.45, 7) is 1.71. The molecule has 1 aromatic heterocycles. The van der Waals surface area contributed by atoms with Crippen molar-refractivity contribution in [3.05, 3.63) is 52.8 Å². The van der Waals surface area contributed by atoms with Crippen LogP contribution in [0.2, 0.25) is 0 Å². The lowest BCUT2D eigenvalue weighted by molar-refractivity contribution is 0.0695. The number of rotatable bonds is 3. The zero-order valence-electron chi connectivity index (χ0n) is 8.90. The van der Waals surface area contributed by atoms with Gasteiger partial charge in [0, 0.05) is 12.1 Å². The lowest BCUT2D eigenvalue weighted by Crippen LogP contribution is -2.02. The van der Waals surface area contributed by atoms with E-state index in [1.807, 2.05) is 30.3 Å². The zero-order chi connectivity index (χ0) is 11.5. The molecule has 0 aliphatic rings. The molecule has 0 aliphatic heterocycles. The molecule has 1 heterocycles. The van der Waals surface area contributed by atoms with Gasteiger partial charge in [-0.1, -0.05) is 30.3 Å². The second kappa shape index (κ2) is 4.18. The first kappa shape index (κ1) is 10.4. The summed E-state index contributed by atoms with van der Waals surface area (Å²) in [6, 6.07) is 9.69. The highest BCUT2D eigenvalue weighted by Crippen LogP contribution is 2.14. The minimum atomic E-state index is -0.933. The molecule has 16 heavy (non-hydrogen) atoms. The van der Waals surface area contributed by atoms with E-state index in [-0.39, 0.29) is 5.56 Å². The fourth-order valence-corrected chi connectivity index (χ4v) is 1.68. The van der Waals surface area contributed by atoms with Gasteiger partial charge in [0.1, 0.15) is 5.56 Å². The van der Waals surface area contributed by atoms with Crippen LogP contribution in [0.4, 0.5) is 0 Å². The topological polar surface area (TPSA) is 66.0 Å². The second-order valence-corrected chi connectivity index (χ2v) is 3.64. The van der Waals surface area contributed by atoms with E-state index in [1.165, 1.54) is 0 Å². The van der Waals surface area contributed by atoms with E-state index < -0.39 is 5.97 Å². The molecule has 1 aromatic carbocycles. The van der Waals surface area contributed by atoms with Crippen molar-refractivity contribution in [1.82, 2.24) is 10.2 Å². The zero-order valence-corrected chi connectivity index (χ0v) is 8.90. The number of benzene rings is 1. The lowest BCUT2D eigenvalue weighted by atomic mass is 10.1. The van der Waals surface area contributed by atoms with E-state index >= 15 is 0 Å². The predicted octanol–water partition coefficient (Wildman–Crippen LogP) is 2.01. The number of aromatic nitrogens is 2. The van der Waals surface area contributed by atoms with Gasteiger partial charge >= 0.3 is 5.97 Å². The number of H-pyrrole nitrogens is 1. The molecule has 0 atom stereocenters. The number of aryl methyl sites for hydroxylation is 1. The molecule has 82 valence electrons. The van der Waals surface area contributed by atoms with Gasteiger partial charge in [-0.25, -0.2) is 4.79 Å². The molecule has 2 rings (SSSR count). The summed E-state index contributed by atoms with van der Waals surface area (Å²) in [4.78, 5) is 11.0. The molecule has 0 saturated carbocycles. The number of nitrogens with zero attached hydrogens (tertiary/aromatic N) is 1. The summed E-state index contributed by atoms with van der Waals surface area (Å²) < 4.78 is 0. The quantitative estimate of drug-likeness (QED) is 0.824. The molecule has 0 radical (unpaired) electrons. The van der Waals surface area contributed by atoms with Crippen molar-refractivity contribution >= 4 is 5.97 Å². The lowest BCUT2D eigenvalue weighted by Gasteiger charge is -1.99. The molecular weight excluding hydrogens is 204 g/mol. The van der Waals surface area contributed by atoms with Gasteiger partial charge in [0.2, 0.25) is 0 Å². The molecule has 0 spiro atoms. The molecule has 0 amide bonds. The van der Waals surface area contributed by atoms with Crippen LogP contribution >= 0.6 is 0 Å². The van der Waals surface area contributed by atoms with Crippen molar-refractivity contribution < 1.29 is 9.90 Å². The summed E-state index contributed by atoms with van der Waals surface area (Å²) in [5.74, 6) is -0.933. The Kier molecular flexibility index (Phi) is 2.72. The maximum absolute atomic E-state index is 11.0. The normalized spacial score (nSPS) is 10.3. The molecule has 2 aromatic rings. The van der Waals surface area contributed by atoms with Gasteiger partial charge in [0.05, 0.1) is 5.69 Å². The van der Waals surface area contributed by atoms with Crippen LogP contribution in [-0.2, 0) is 6.42 Å². The predicted molar refractivity (Wildman–Crippen MR) is 59.5 cm³/mol. The standard InChI is InChI=1S/C12H12N2O2/c1-8-11(12(15)16)10(14-13-8)7-9-5-3-2-4-6-9/h2-6H,7H2,1H3,(H,13,14)(H,15,16). The van der Waals surface area contributed by atoms with Crippen LogP contribution in [-0.4, -0.2) is 21.3 Å². The van der Waals surface area contributed by atoms with Crippen LogP contribution in [0.15, 0.2) is 30.3 Å². The van der Waals surface area contributed by atoms with E-state index in [9.17, 15) is 4.79 Å². The number of hydrogen-bond donors (Lipinski definition) is 2. The van der Waals surface area contributed by atoms with E-state index in [1.54, 1.807) is 6.92 Å². The summed E-state index contributed by atoms with van der Waals surface area (Å²) in [6.07, 6.45) is 0.535. The minimum absolute atomic E-state index is 0.281. The maximum Gasteiger partial charge on any atom is 0.339 e. The van der Waals surface area contributed by atoms with Gasteiger partial charge in [-0.3, -0.25) is 5.10 Å². The summed E-state index contributed by atoms with van der Waals surface area (Å²) in [5, 5.41) is 15.8. The third-order valence-corrected chi connectivity index (χ3v) is 2.45. The van der Waals surface area contributed by atoms with Gasteiger partial charge in [0.15, 0.2) is 0 Å². The highest BCUT2D eigenvalue weighted by Gasteiger charge is 2.16. The maximum atomic E-state index is 11.0. The number of hydrogen-bond acceptors (Lipinski definition) is 2. The first-order valence-corrected chi connectivity index (χ1v) is 4.99. The number of carboxylic acid groups (broad SMARTS) is 1. The van der Waals surface area contributed by atoms with Gasteiger partial charge in [-0.2, -0.15) is 5.10 Å². The Labute approximate surface area is 92.9 Å². The Bertz CT molecular complexity index is 503. The Balaban J connectivity index is 2.32. The van der Waals surface area contributed by atoms with Crippen molar-refractivity contribution in [2.45, 2.75) is 13.3 Å². The van der Waals surface area contributed by atoms with Crippen LogP contribution in [0.5, 0.6) is 0 Å². The van der Waals surface area contributed by atoms with Crippen molar-refractivity contribution in [1.29, 1.82) is 0 Å². The molecule has 4 heteroatoms. The number of nitrogens with one attached hydrogen (secondary N) is 1. The number of carboxylic acids is 1. The summed E-state index contributed by atoms with van der Waals surface area (Å²) in [7, 11) is 0. The fourth-order valence-electron chi connectivity index (χ4n) is 1.68. The van der Waals surface area contributed by atoms with Crippen molar-refractivity contribution in [3.63, 3.8) is 0 Å². The fraction of sp³-hybridized carbons (Fsp3) is 0.167. The molecule has 0 fully saturated rings. The van der Waals surface area contributed by atoms with Crippen LogP contribution in [0.3, 0.4) is 0 Å². The Morgan fingerprint density at radius 3 is 2.69 bits per heavy atom. The van der Waals surface area contributed by atoms with Gasteiger partial charge in [0.25, 0.3) is 0 Å². The SMILES string of the molecule is Cc1[nH]nc(Cc2ccccc2)c1C(=O)O. The Hall–Kier alpha value is -2.10. The van der Waals surface area contributed by atoms with Crippen molar-refractivity contribution in [3.8, 4) is 0 Å². The molecule has 0 bridgehead atoms. The van der Waals surface area contributed by atoms with Crippen molar-refractivity contribution in [2.24, 2.45) is 0 Å². The number of aromatic carboxylic acids is 1. The first-order chi connectivity index (χ1) is 7.68. The molecule has 0 saturated heterocycles. The van der Waals surface area contributed by atoms with E-state index in [4.69, 9.17) is 5.11 Å². The second-order valence-electron chi connectivity index (χ2n) is 3.64. The average molecular weight is 216 g/mol. The number of carbonyl (C=O) groups is 1. The summed E-state index contributed by atoms with van der Waals surface area (Å²) in [5.41, 5.74) is 2.51. The highest BCUT2D eigenvalue weighted by atomic mass is 16.4. The number of aromatic amines is 1. The highest BCUT2D eigenvalue weighted by molar-refractivity contribution is 5.90.